The van der Waals surface area contributed by atoms with Gasteiger partial charge in [0.1, 0.15) is 5.75 Å². The van der Waals surface area contributed by atoms with Crippen molar-refractivity contribution in [3.05, 3.63) is 54.1 Å². The topological polar surface area (TPSA) is 34.1 Å². The van der Waals surface area contributed by atoms with Crippen molar-refractivity contribution in [2.75, 3.05) is 12.4 Å². The Morgan fingerprint density at radius 1 is 1.22 bits per heavy atom. The maximum atomic E-state index is 12.7. The van der Waals surface area contributed by atoms with Gasteiger partial charge in [-0.05, 0) is 25.1 Å². The minimum Gasteiger partial charge on any atom is -0.496 e. The molecule has 1 atom stereocenters. The van der Waals surface area contributed by atoms with Crippen LogP contribution in [-0.4, -0.2) is 12.1 Å². The van der Waals surface area contributed by atoms with Crippen LogP contribution in [0.5, 0.6) is 5.75 Å². The van der Waals surface area contributed by atoms with E-state index in [4.69, 9.17) is 4.74 Å². The number of anilines is 1. The number of para-hydroxylation sites is 1. The lowest BCUT2D eigenvalue weighted by atomic mass is 10.1. The fourth-order valence-corrected chi connectivity index (χ4v) is 1.81. The van der Waals surface area contributed by atoms with Crippen molar-refractivity contribution in [2.24, 2.45) is 0 Å². The first kappa shape index (κ1) is 12.4. The van der Waals surface area contributed by atoms with Crippen LogP contribution in [-0.2, 0) is 0 Å². The van der Waals surface area contributed by atoms with Gasteiger partial charge in [-0.1, -0.05) is 18.2 Å². The average Bonchev–Trinajstić information content (AvgIpc) is 2.41. The fraction of sp³-hybridized carbons (Fsp3) is 0.214. The third kappa shape index (κ3) is 2.77. The molecule has 1 aromatic carbocycles. The summed E-state index contributed by atoms with van der Waals surface area (Å²) < 4.78 is 18.0. The zero-order chi connectivity index (χ0) is 13.0. The number of methoxy groups -OCH3 is 1. The van der Waals surface area contributed by atoms with Crippen molar-refractivity contribution in [3.8, 4) is 5.75 Å². The van der Waals surface area contributed by atoms with Crippen LogP contribution in [0, 0.1) is 5.95 Å². The lowest BCUT2D eigenvalue weighted by Gasteiger charge is -2.18. The van der Waals surface area contributed by atoms with E-state index in [2.05, 4.69) is 10.3 Å². The first-order valence-corrected chi connectivity index (χ1v) is 5.71. The lowest BCUT2D eigenvalue weighted by Crippen LogP contribution is -2.08. The van der Waals surface area contributed by atoms with Gasteiger partial charge in [0.05, 0.1) is 25.0 Å². The van der Waals surface area contributed by atoms with Crippen LogP contribution >= 0.6 is 0 Å². The van der Waals surface area contributed by atoms with Crippen LogP contribution in [0.4, 0.5) is 10.1 Å². The predicted molar refractivity (Wildman–Crippen MR) is 69.2 cm³/mol. The molecule has 0 bridgehead atoms. The van der Waals surface area contributed by atoms with E-state index in [1.54, 1.807) is 13.2 Å². The number of pyridine rings is 1. The second kappa shape index (κ2) is 5.49. The maximum absolute atomic E-state index is 12.7. The van der Waals surface area contributed by atoms with E-state index in [0.717, 1.165) is 17.0 Å². The number of nitrogens with zero attached hydrogens (tertiary/aromatic N) is 1. The zero-order valence-corrected chi connectivity index (χ0v) is 10.4. The second-order valence-electron chi connectivity index (χ2n) is 3.98. The maximum Gasteiger partial charge on any atom is 0.212 e. The number of hydrogen-bond donors (Lipinski definition) is 1. The number of benzene rings is 1. The van der Waals surface area contributed by atoms with Crippen molar-refractivity contribution < 1.29 is 9.13 Å². The van der Waals surface area contributed by atoms with E-state index in [0.29, 0.717) is 0 Å². The van der Waals surface area contributed by atoms with Crippen molar-refractivity contribution >= 4 is 5.69 Å². The van der Waals surface area contributed by atoms with E-state index < -0.39 is 5.95 Å². The molecule has 1 heterocycles. The summed E-state index contributed by atoms with van der Waals surface area (Å²) in [6, 6.07) is 10.8. The summed E-state index contributed by atoms with van der Waals surface area (Å²) in [5, 5.41) is 3.25. The molecule has 0 saturated carbocycles. The van der Waals surface area contributed by atoms with Gasteiger partial charge in [-0.3, -0.25) is 0 Å². The first-order valence-electron chi connectivity index (χ1n) is 5.71. The Labute approximate surface area is 106 Å². The van der Waals surface area contributed by atoms with Crippen LogP contribution in [0.3, 0.4) is 0 Å². The molecular formula is C14H15FN2O. The summed E-state index contributed by atoms with van der Waals surface area (Å²) in [6.45, 7) is 2.02. The van der Waals surface area contributed by atoms with Gasteiger partial charge in [0.25, 0.3) is 0 Å². The van der Waals surface area contributed by atoms with Gasteiger partial charge < -0.3 is 10.1 Å². The van der Waals surface area contributed by atoms with E-state index in [1.165, 1.54) is 12.3 Å². The Bertz CT molecular complexity index is 513. The Hall–Kier alpha value is -2.10. The number of hydrogen-bond acceptors (Lipinski definition) is 3. The van der Waals surface area contributed by atoms with E-state index in [-0.39, 0.29) is 6.04 Å². The van der Waals surface area contributed by atoms with Crippen molar-refractivity contribution in [2.45, 2.75) is 13.0 Å². The predicted octanol–water partition coefficient (Wildman–Crippen LogP) is 3.40. The Balaban J connectivity index is 2.16. The third-order valence-electron chi connectivity index (χ3n) is 2.72. The highest BCUT2D eigenvalue weighted by atomic mass is 19.1. The number of aromatic nitrogens is 1. The number of rotatable bonds is 4. The molecule has 0 aliphatic rings. The lowest BCUT2D eigenvalue weighted by molar-refractivity contribution is 0.408. The SMILES string of the molecule is COc1ccccc1C(C)Nc1ccc(F)nc1. The molecule has 2 rings (SSSR count). The van der Waals surface area contributed by atoms with Gasteiger partial charge in [0.2, 0.25) is 5.95 Å². The molecule has 0 spiro atoms. The molecule has 0 radical (unpaired) electrons. The van der Waals surface area contributed by atoms with Gasteiger partial charge in [0.15, 0.2) is 0 Å². The minimum atomic E-state index is -0.481. The normalized spacial score (nSPS) is 11.9. The minimum absolute atomic E-state index is 0.0495. The monoisotopic (exact) mass is 246 g/mol. The molecule has 94 valence electrons. The molecule has 4 heteroatoms. The quantitative estimate of drug-likeness (QED) is 0.839. The third-order valence-corrected chi connectivity index (χ3v) is 2.72. The molecule has 0 fully saturated rings. The van der Waals surface area contributed by atoms with Crippen LogP contribution in [0.2, 0.25) is 0 Å². The van der Waals surface area contributed by atoms with Crippen molar-refractivity contribution in [1.82, 2.24) is 4.98 Å². The molecule has 2 aromatic rings. The van der Waals surface area contributed by atoms with Gasteiger partial charge in [-0.25, -0.2) is 4.98 Å². The number of halogens is 1. The molecule has 1 N–H and O–H groups in total. The summed E-state index contributed by atoms with van der Waals surface area (Å²) in [5.74, 6) is 0.345. The van der Waals surface area contributed by atoms with Crippen LogP contribution in [0.1, 0.15) is 18.5 Å². The van der Waals surface area contributed by atoms with E-state index in [1.807, 2.05) is 31.2 Å². The average molecular weight is 246 g/mol. The summed E-state index contributed by atoms with van der Waals surface area (Å²) >= 11 is 0. The standard InChI is InChI=1S/C14H15FN2O/c1-10(12-5-3-4-6-13(12)18-2)17-11-7-8-14(15)16-9-11/h3-10,17H,1-2H3. The molecule has 3 nitrogen and oxygen atoms in total. The van der Waals surface area contributed by atoms with Crippen molar-refractivity contribution in [3.63, 3.8) is 0 Å². The molecule has 0 saturated heterocycles. The van der Waals surface area contributed by atoms with E-state index in [9.17, 15) is 4.39 Å². The van der Waals surface area contributed by atoms with Crippen molar-refractivity contribution in [1.29, 1.82) is 0 Å². The largest absolute Gasteiger partial charge is 0.496 e. The summed E-state index contributed by atoms with van der Waals surface area (Å²) in [4.78, 5) is 3.61. The van der Waals surface area contributed by atoms with Crippen LogP contribution < -0.4 is 10.1 Å². The summed E-state index contributed by atoms with van der Waals surface area (Å²) in [6.07, 6.45) is 1.47. The Kier molecular flexibility index (Phi) is 3.77. The molecule has 1 aromatic heterocycles. The van der Waals surface area contributed by atoms with Gasteiger partial charge in [0, 0.05) is 5.56 Å². The highest BCUT2D eigenvalue weighted by Gasteiger charge is 2.10. The fourth-order valence-electron chi connectivity index (χ4n) is 1.81. The summed E-state index contributed by atoms with van der Waals surface area (Å²) in [5.41, 5.74) is 1.82. The van der Waals surface area contributed by atoms with Gasteiger partial charge in [-0.2, -0.15) is 4.39 Å². The Morgan fingerprint density at radius 2 is 2.00 bits per heavy atom. The van der Waals surface area contributed by atoms with Crippen LogP contribution in [0.25, 0.3) is 0 Å². The molecule has 0 aliphatic heterocycles. The molecule has 0 aliphatic carbocycles. The zero-order valence-electron chi connectivity index (χ0n) is 10.4. The smallest absolute Gasteiger partial charge is 0.212 e. The Morgan fingerprint density at radius 3 is 2.67 bits per heavy atom. The second-order valence-corrected chi connectivity index (χ2v) is 3.98. The van der Waals surface area contributed by atoms with Gasteiger partial charge in [-0.15, -0.1) is 0 Å². The first-order chi connectivity index (χ1) is 8.70. The highest BCUT2D eigenvalue weighted by Crippen LogP contribution is 2.27. The molecule has 18 heavy (non-hydrogen) atoms. The molecule has 0 amide bonds. The molecular weight excluding hydrogens is 231 g/mol. The molecule has 1 unspecified atom stereocenters. The number of nitrogens with one attached hydrogen (secondary N) is 1. The van der Waals surface area contributed by atoms with Gasteiger partial charge >= 0.3 is 0 Å². The summed E-state index contributed by atoms with van der Waals surface area (Å²) in [7, 11) is 1.64. The van der Waals surface area contributed by atoms with Crippen LogP contribution in [0.15, 0.2) is 42.6 Å². The number of ether oxygens (including phenoxy) is 1. The van der Waals surface area contributed by atoms with E-state index >= 15 is 0 Å². The highest BCUT2D eigenvalue weighted by molar-refractivity contribution is 5.45.